The van der Waals surface area contributed by atoms with Crippen LogP contribution in [0.25, 0.3) is 11.3 Å². The number of rotatable bonds is 1. The second-order valence-electron chi connectivity index (χ2n) is 3.47. The van der Waals surface area contributed by atoms with E-state index in [1.54, 1.807) is 6.20 Å². The molecule has 2 aromatic rings. The first-order valence-corrected chi connectivity index (χ1v) is 5.10. The third-order valence-electron chi connectivity index (χ3n) is 2.49. The molecular weight excluding hydrogens is 208 g/mol. The van der Waals surface area contributed by atoms with Crippen molar-refractivity contribution in [3.05, 3.63) is 46.9 Å². The molecule has 0 atom stereocenters. The van der Waals surface area contributed by atoms with Crippen molar-refractivity contribution in [2.75, 3.05) is 0 Å². The fourth-order valence-corrected chi connectivity index (χ4v) is 1.65. The lowest BCUT2D eigenvalue weighted by molar-refractivity contribution is 1.19. The van der Waals surface area contributed by atoms with Crippen LogP contribution >= 0.6 is 11.6 Å². The van der Waals surface area contributed by atoms with Crippen molar-refractivity contribution in [3.63, 3.8) is 0 Å². The van der Waals surface area contributed by atoms with Crippen LogP contribution in [-0.2, 0) is 0 Å². The zero-order valence-corrected chi connectivity index (χ0v) is 9.42. The molecule has 2 rings (SSSR count). The first-order chi connectivity index (χ1) is 7.18. The lowest BCUT2D eigenvalue weighted by atomic mass is 10.0. The van der Waals surface area contributed by atoms with E-state index < -0.39 is 0 Å². The number of hydrogen-bond acceptors (Lipinski definition) is 2. The minimum absolute atomic E-state index is 0.424. The van der Waals surface area contributed by atoms with Crippen LogP contribution in [0.15, 0.2) is 30.6 Å². The summed E-state index contributed by atoms with van der Waals surface area (Å²) in [6, 6.07) is 6.12. The summed E-state index contributed by atoms with van der Waals surface area (Å²) < 4.78 is 0. The highest BCUT2D eigenvalue weighted by Crippen LogP contribution is 2.23. The van der Waals surface area contributed by atoms with Gasteiger partial charge in [0.25, 0.3) is 0 Å². The SMILES string of the molecule is Cc1cccc(-c2cncc(Cl)n2)c1C. The smallest absolute Gasteiger partial charge is 0.148 e. The van der Waals surface area contributed by atoms with E-state index in [9.17, 15) is 0 Å². The normalized spacial score (nSPS) is 10.3. The lowest BCUT2D eigenvalue weighted by Crippen LogP contribution is -1.91. The number of aromatic nitrogens is 2. The second kappa shape index (κ2) is 3.99. The van der Waals surface area contributed by atoms with E-state index in [0.29, 0.717) is 5.15 Å². The molecule has 1 heterocycles. The third-order valence-corrected chi connectivity index (χ3v) is 2.67. The van der Waals surface area contributed by atoms with Gasteiger partial charge in [-0.15, -0.1) is 0 Å². The molecule has 0 spiro atoms. The Morgan fingerprint density at radius 3 is 2.67 bits per heavy atom. The van der Waals surface area contributed by atoms with Crippen molar-refractivity contribution in [2.24, 2.45) is 0 Å². The van der Waals surface area contributed by atoms with Gasteiger partial charge in [0, 0.05) is 5.56 Å². The van der Waals surface area contributed by atoms with Gasteiger partial charge in [0.15, 0.2) is 0 Å². The fraction of sp³-hybridized carbons (Fsp3) is 0.167. The van der Waals surface area contributed by atoms with Gasteiger partial charge in [-0.1, -0.05) is 29.8 Å². The molecule has 0 aliphatic heterocycles. The molecule has 0 aliphatic rings. The van der Waals surface area contributed by atoms with Crippen LogP contribution in [0.4, 0.5) is 0 Å². The molecule has 0 unspecified atom stereocenters. The Morgan fingerprint density at radius 2 is 1.93 bits per heavy atom. The minimum atomic E-state index is 0.424. The van der Waals surface area contributed by atoms with Crippen molar-refractivity contribution in [1.82, 2.24) is 9.97 Å². The van der Waals surface area contributed by atoms with Crippen molar-refractivity contribution in [2.45, 2.75) is 13.8 Å². The summed E-state index contributed by atoms with van der Waals surface area (Å²) >= 11 is 5.81. The highest BCUT2D eigenvalue weighted by atomic mass is 35.5. The Kier molecular flexibility index (Phi) is 2.69. The van der Waals surface area contributed by atoms with Gasteiger partial charge in [0.05, 0.1) is 18.1 Å². The molecule has 0 bridgehead atoms. The van der Waals surface area contributed by atoms with E-state index >= 15 is 0 Å². The van der Waals surface area contributed by atoms with Crippen molar-refractivity contribution in [1.29, 1.82) is 0 Å². The van der Waals surface area contributed by atoms with E-state index in [4.69, 9.17) is 11.6 Å². The zero-order valence-electron chi connectivity index (χ0n) is 8.66. The molecule has 2 nitrogen and oxygen atoms in total. The van der Waals surface area contributed by atoms with Crippen LogP contribution in [0, 0.1) is 13.8 Å². The Morgan fingerprint density at radius 1 is 1.13 bits per heavy atom. The maximum absolute atomic E-state index is 5.81. The summed E-state index contributed by atoms with van der Waals surface area (Å²) in [5.41, 5.74) is 4.37. The van der Waals surface area contributed by atoms with E-state index in [-0.39, 0.29) is 0 Å². The zero-order chi connectivity index (χ0) is 10.8. The molecule has 0 amide bonds. The predicted octanol–water partition coefficient (Wildman–Crippen LogP) is 3.41. The number of aryl methyl sites for hydroxylation is 1. The molecule has 1 aromatic heterocycles. The molecule has 1 aromatic carbocycles. The third kappa shape index (κ3) is 2.00. The summed E-state index contributed by atoms with van der Waals surface area (Å²) in [7, 11) is 0. The minimum Gasteiger partial charge on any atom is -0.259 e. The Balaban J connectivity index is 2.59. The molecule has 0 aliphatic carbocycles. The Hall–Kier alpha value is -1.41. The molecule has 0 radical (unpaired) electrons. The van der Waals surface area contributed by atoms with Crippen LogP contribution < -0.4 is 0 Å². The highest BCUT2D eigenvalue weighted by molar-refractivity contribution is 6.29. The van der Waals surface area contributed by atoms with Crippen molar-refractivity contribution >= 4 is 11.6 Å². The number of benzene rings is 1. The summed E-state index contributed by atoms with van der Waals surface area (Å²) in [5, 5.41) is 0.424. The molecule has 76 valence electrons. The van der Waals surface area contributed by atoms with Crippen LogP contribution in [0.5, 0.6) is 0 Å². The summed E-state index contributed by atoms with van der Waals surface area (Å²) in [4.78, 5) is 8.29. The van der Waals surface area contributed by atoms with Crippen LogP contribution in [0.2, 0.25) is 5.15 Å². The topological polar surface area (TPSA) is 25.8 Å². The lowest BCUT2D eigenvalue weighted by Gasteiger charge is -2.07. The molecule has 0 saturated heterocycles. The molecule has 0 fully saturated rings. The summed E-state index contributed by atoms with van der Waals surface area (Å²) in [6.07, 6.45) is 3.27. The molecule has 15 heavy (non-hydrogen) atoms. The van der Waals surface area contributed by atoms with Crippen molar-refractivity contribution in [3.8, 4) is 11.3 Å². The molecule has 3 heteroatoms. The van der Waals surface area contributed by atoms with Gasteiger partial charge >= 0.3 is 0 Å². The van der Waals surface area contributed by atoms with Gasteiger partial charge in [-0.05, 0) is 25.0 Å². The highest BCUT2D eigenvalue weighted by Gasteiger charge is 2.05. The maximum Gasteiger partial charge on any atom is 0.148 e. The van der Waals surface area contributed by atoms with Crippen molar-refractivity contribution < 1.29 is 0 Å². The molecular formula is C12H11ClN2. The summed E-state index contributed by atoms with van der Waals surface area (Å²) in [5.74, 6) is 0. The van der Waals surface area contributed by atoms with E-state index in [2.05, 4.69) is 29.9 Å². The average Bonchev–Trinajstić information content (AvgIpc) is 2.22. The van der Waals surface area contributed by atoms with E-state index in [1.807, 2.05) is 12.1 Å². The van der Waals surface area contributed by atoms with Gasteiger partial charge in [0.1, 0.15) is 5.15 Å². The largest absolute Gasteiger partial charge is 0.259 e. The van der Waals surface area contributed by atoms with Gasteiger partial charge < -0.3 is 0 Å². The molecule has 0 N–H and O–H groups in total. The fourth-order valence-electron chi connectivity index (χ4n) is 1.50. The maximum atomic E-state index is 5.81. The Labute approximate surface area is 94.0 Å². The number of hydrogen-bond donors (Lipinski definition) is 0. The first-order valence-electron chi connectivity index (χ1n) is 4.72. The Bertz CT molecular complexity index is 495. The summed E-state index contributed by atoms with van der Waals surface area (Å²) in [6.45, 7) is 4.16. The van der Waals surface area contributed by atoms with E-state index in [0.717, 1.165) is 11.3 Å². The standard InChI is InChI=1S/C12H11ClN2/c1-8-4-3-5-10(9(8)2)11-6-14-7-12(13)15-11/h3-7H,1-2H3. The van der Waals surface area contributed by atoms with Gasteiger partial charge in [-0.25, -0.2) is 4.98 Å². The van der Waals surface area contributed by atoms with Crippen LogP contribution in [0.3, 0.4) is 0 Å². The first kappa shape index (κ1) is 10.1. The van der Waals surface area contributed by atoms with Crippen LogP contribution in [-0.4, -0.2) is 9.97 Å². The number of nitrogens with zero attached hydrogens (tertiary/aromatic N) is 2. The van der Waals surface area contributed by atoms with Gasteiger partial charge in [0.2, 0.25) is 0 Å². The monoisotopic (exact) mass is 218 g/mol. The second-order valence-corrected chi connectivity index (χ2v) is 3.86. The quantitative estimate of drug-likeness (QED) is 0.733. The predicted molar refractivity (Wildman–Crippen MR) is 62.0 cm³/mol. The van der Waals surface area contributed by atoms with E-state index in [1.165, 1.54) is 17.3 Å². The number of halogens is 1. The van der Waals surface area contributed by atoms with Gasteiger partial charge in [-0.2, -0.15) is 0 Å². The van der Waals surface area contributed by atoms with Crippen LogP contribution in [0.1, 0.15) is 11.1 Å². The molecule has 0 saturated carbocycles. The average molecular weight is 219 g/mol. The van der Waals surface area contributed by atoms with Gasteiger partial charge in [-0.3, -0.25) is 4.98 Å².